The molecule has 0 amide bonds. The van der Waals surface area contributed by atoms with Crippen LogP contribution >= 0.6 is 11.8 Å². The van der Waals surface area contributed by atoms with Crippen LogP contribution in [0.15, 0.2) is 59.0 Å². The molecule has 0 atom stereocenters. The molecule has 0 N–H and O–H groups in total. The van der Waals surface area contributed by atoms with Crippen molar-refractivity contribution in [2.45, 2.75) is 44.4 Å². The van der Waals surface area contributed by atoms with Gasteiger partial charge in [0.2, 0.25) is 0 Å². The molecule has 0 unspecified atom stereocenters. The molecular formula is C21H25FS. The Hall–Kier alpha value is -1.54. The van der Waals surface area contributed by atoms with Crippen LogP contribution in [0.25, 0.3) is 5.57 Å². The predicted molar refractivity (Wildman–Crippen MR) is 100 cm³/mol. The summed E-state index contributed by atoms with van der Waals surface area (Å²) in [7, 11) is 0. The monoisotopic (exact) mass is 328 g/mol. The highest BCUT2D eigenvalue weighted by atomic mass is 32.2. The first-order valence-corrected chi connectivity index (χ1v) is 9.55. The summed E-state index contributed by atoms with van der Waals surface area (Å²) in [5.74, 6) is -0.172. The van der Waals surface area contributed by atoms with Crippen molar-refractivity contribution in [2.75, 3.05) is 6.26 Å². The van der Waals surface area contributed by atoms with Crippen LogP contribution in [-0.4, -0.2) is 6.26 Å². The van der Waals surface area contributed by atoms with Gasteiger partial charge in [0.25, 0.3) is 0 Å². The van der Waals surface area contributed by atoms with Gasteiger partial charge in [-0.1, -0.05) is 62.6 Å². The number of rotatable bonds is 7. The van der Waals surface area contributed by atoms with Crippen LogP contribution < -0.4 is 0 Å². The van der Waals surface area contributed by atoms with Crippen molar-refractivity contribution in [3.8, 4) is 0 Å². The van der Waals surface area contributed by atoms with Gasteiger partial charge in [-0.25, -0.2) is 4.39 Å². The Morgan fingerprint density at radius 1 is 0.957 bits per heavy atom. The summed E-state index contributed by atoms with van der Waals surface area (Å²) in [5, 5.41) is 0. The van der Waals surface area contributed by atoms with Crippen molar-refractivity contribution in [2.24, 2.45) is 0 Å². The highest BCUT2D eigenvalue weighted by Gasteiger charge is 2.15. The van der Waals surface area contributed by atoms with E-state index < -0.39 is 0 Å². The minimum atomic E-state index is -0.172. The lowest BCUT2D eigenvalue weighted by molar-refractivity contribution is 0.627. The largest absolute Gasteiger partial charge is 0.207 e. The van der Waals surface area contributed by atoms with Gasteiger partial charge in [0.05, 0.1) is 0 Å². The molecule has 23 heavy (non-hydrogen) atoms. The molecule has 0 saturated heterocycles. The molecule has 2 aromatic carbocycles. The Kier molecular flexibility index (Phi) is 6.91. The van der Waals surface area contributed by atoms with Crippen molar-refractivity contribution in [1.29, 1.82) is 0 Å². The van der Waals surface area contributed by atoms with Gasteiger partial charge in [0.15, 0.2) is 0 Å². The number of thioether (sulfide) groups is 1. The molecule has 0 aromatic heterocycles. The van der Waals surface area contributed by atoms with Crippen LogP contribution in [0, 0.1) is 5.82 Å². The second-order valence-electron chi connectivity index (χ2n) is 5.69. The van der Waals surface area contributed by atoms with Crippen LogP contribution in [0.2, 0.25) is 0 Å². The molecule has 2 rings (SSSR count). The maximum absolute atomic E-state index is 13.8. The molecule has 0 fully saturated rings. The summed E-state index contributed by atoms with van der Waals surface area (Å²) >= 11 is 1.75. The fourth-order valence-corrected chi connectivity index (χ4v) is 3.63. The van der Waals surface area contributed by atoms with E-state index in [4.69, 9.17) is 0 Å². The fourth-order valence-electron chi connectivity index (χ4n) is 3.02. The third-order valence-electron chi connectivity index (χ3n) is 3.95. The topological polar surface area (TPSA) is 0 Å². The Labute approximate surface area is 143 Å². The number of benzene rings is 2. The second-order valence-corrected chi connectivity index (χ2v) is 6.54. The Bertz CT molecular complexity index is 665. The minimum absolute atomic E-state index is 0.172. The summed E-state index contributed by atoms with van der Waals surface area (Å²) in [6.45, 7) is 4.42. The molecule has 0 heterocycles. The van der Waals surface area contributed by atoms with Gasteiger partial charge in [0, 0.05) is 4.90 Å². The molecule has 0 saturated carbocycles. The van der Waals surface area contributed by atoms with Gasteiger partial charge >= 0.3 is 0 Å². The molecular weight excluding hydrogens is 303 g/mol. The summed E-state index contributed by atoms with van der Waals surface area (Å²) in [6.07, 6.45) is 6.43. The summed E-state index contributed by atoms with van der Waals surface area (Å²) in [6, 6.07) is 15.5. The average Bonchev–Trinajstić information content (AvgIpc) is 2.56. The molecule has 2 aromatic rings. The van der Waals surface area contributed by atoms with E-state index in [1.165, 1.54) is 27.7 Å². The van der Waals surface area contributed by atoms with Crippen molar-refractivity contribution in [3.05, 3.63) is 71.0 Å². The first-order valence-electron chi connectivity index (χ1n) is 8.32. The third-order valence-corrected chi connectivity index (χ3v) is 4.74. The lowest BCUT2D eigenvalue weighted by Gasteiger charge is -2.18. The average molecular weight is 328 g/mol. The Morgan fingerprint density at radius 3 is 2.26 bits per heavy atom. The third kappa shape index (κ3) is 4.48. The maximum Gasteiger partial charge on any atom is 0.123 e. The number of hydrogen-bond acceptors (Lipinski definition) is 1. The second kappa shape index (κ2) is 8.93. The number of allylic oxidation sites excluding steroid dienone is 1. The van der Waals surface area contributed by atoms with Crippen LogP contribution in [0.4, 0.5) is 4.39 Å². The summed E-state index contributed by atoms with van der Waals surface area (Å²) < 4.78 is 13.8. The van der Waals surface area contributed by atoms with Crippen LogP contribution in [0.3, 0.4) is 0 Å². The summed E-state index contributed by atoms with van der Waals surface area (Å²) in [4.78, 5) is 1.25. The first-order chi connectivity index (χ1) is 11.2. The smallest absolute Gasteiger partial charge is 0.123 e. The van der Waals surface area contributed by atoms with E-state index in [1.54, 1.807) is 17.8 Å². The van der Waals surface area contributed by atoms with Gasteiger partial charge in [0.1, 0.15) is 5.82 Å². The van der Waals surface area contributed by atoms with Gasteiger partial charge in [-0.3, -0.25) is 0 Å². The molecule has 0 aliphatic heterocycles. The zero-order chi connectivity index (χ0) is 16.7. The van der Waals surface area contributed by atoms with Gasteiger partial charge in [-0.2, -0.15) is 0 Å². The highest BCUT2D eigenvalue weighted by Crippen LogP contribution is 2.36. The van der Waals surface area contributed by atoms with Gasteiger partial charge in [-0.05, 0) is 54.0 Å². The Morgan fingerprint density at radius 2 is 1.65 bits per heavy atom. The number of halogens is 1. The predicted octanol–water partition coefficient (Wildman–Crippen LogP) is 6.95. The van der Waals surface area contributed by atoms with Crippen LogP contribution in [0.5, 0.6) is 0 Å². The Balaban J connectivity index is 2.70. The standard InChI is InChI=1S/C21H25FS/c1-4-9-16(10-5-2)21(17-11-8-12-18(22)15-17)19-13-6-7-14-20(19)23-3/h6-8,11-15H,4-5,9-10H2,1-3H3. The van der Waals surface area contributed by atoms with Crippen molar-refractivity contribution in [3.63, 3.8) is 0 Å². The quantitative estimate of drug-likeness (QED) is 0.495. The van der Waals surface area contributed by atoms with E-state index in [0.717, 1.165) is 31.2 Å². The minimum Gasteiger partial charge on any atom is -0.207 e. The lowest BCUT2D eigenvalue weighted by atomic mass is 9.89. The molecule has 122 valence electrons. The first kappa shape index (κ1) is 17.8. The zero-order valence-electron chi connectivity index (χ0n) is 14.2. The fraction of sp³-hybridized carbons (Fsp3) is 0.333. The SMILES string of the molecule is CCCC(CCC)=C(c1cccc(F)c1)c1ccccc1SC. The van der Waals surface area contributed by atoms with Crippen molar-refractivity contribution in [1.82, 2.24) is 0 Å². The summed E-state index contributed by atoms with van der Waals surface area (Å²) in [5.41, 5.74) is 4.87. The number of hydrogen-bond donors (Lipinski definition) is 0. The van der Waals surface area contributed by atoms with E-state index in [-0.39, 0.29) is 5.82 Å². The van der Waals surface area contributed by atoms with E-state index in [1.807, 2.05) is 12.1 Å². The van der Waals surface area contributed by atoms with E-state index in [9.17, 15) is 4.39 Å². The molecule has 0 spiro atoms. The van der Waals surface area contributed by atoms with Gasteiger partial charge < -0.3 is 0 Å². The van der Waals surface area contributed by atoms with E-state index >= 15 is 0 Å². The molecule has 2 heteroatoms. The van der Waals surface area contributed by atoms with E-state index in [0.29, 0.717) is 0 Å². The van der Waals surface area contributed by atoms with Crippen molar-refractivity contribution >= 4 is 17.3 Å². The molecule has 0 bridgehead atoms. The molecule has 0 radical (unpaired) electrons. The van der Waals surface area contributed by atoms with Crippen molar-refractivity contribution < 1.29 is 4.39 Å². The molecule has 0 aliphatic rings. The van der Waals surface area contributed by atoms with Gasteiger partial charge in [-0.15, -0.1) is 11.8 Å². The highest BCUT2D eigenvalue weighted by molar-refractivity contribution is 7.98. The van der Waals surface area contributed by atoms with Crippen LogP contribution in [-0.2, 0) is 0 Å². The normalized spacial score (nSPS) is 10.6. The maximum atomic E-state index is 13.8. The molecule has 0 nitrogen and oxygen atoms in total. The zero-order valence-corrected chi connectivity index (χ0v) is 15.0. The lowest BCUT2D eigenvalue weighted by Crippen LogP contribution is -1.98. The van der Waals surface area contributed by atoms with Crippen LogP contribution in [0.1, 0.15) is 50.7 Å². The molecule has 0 aliphatic carbocycles. The van der Waals surface area contributed by atoms with E-state index in [2.05, 4.69) is 44.4 Å².